The number of carbonyl (C=O) groups excluding carboxylic acids is 2. The van der Waals surface area contributed by atoms with Crippen LogP contribution < -0.4 is 5.32 Å². The average Bonchev–Trinajstić information content (AvgIpc) is 2.59. The maximum Gasteiger partial charge on any atom is 0.471 e. The predicted octanol–water partition coefficient (Wildman–Crippen LogP) is 1.11. The zero-order valence-electron chi connectivity index (χ0n) is 13.0. The Morgan fingerprint density at radius 3 is 2.64 bits per heavy atom. The lowest BCUT2D eigenvalue weighted by Gasteiger charge is -2.32. The highest BCUT2D eigenvalue weighted by molar-refractivity contribution is 5.82. The lowest BCUT2D eigenvalue weighted by molar-refractivity contribution is -0.186. The van der Waals surface area contributed by atoms with Crippen molar-refractivity contribution in [2.75, 3.05) is 19.7 Å². The van der Waals surface area contributed by atoms with E-state index in [9.17, 15) is 22.8 Å². The zero-order valence-corrected chi connectivity index (χ0v) is 13.0. The number of alkyl halides is 3. The van der Waals surface area contributed by atoms with Crippen LogP contribution in [0.3, 0.4) is 0 Å². The molecule has 1 N–H and O–H groups in total. The minimum Gasteiger partial charge on any atom is -0.436 e. The minimum absolute atomic E-state index is 0.0736. The number of likely N-dealkylation sites (tertiary alicyclic amines) is 1. The molecular weight excluding hydrogens is 341 g/mol. The molecule has 1 aliphatic heterocycles. The van der Waals surface area contributed by atoms with Crippen molar-refractivity contribution in [3.63, 3.8) is 0 Å². The number of aromatic nitrogens is 2. The molecule has 0 spiro atoms. The second kappa shape index (κ2) is 8.32. The molecule has 2 rings (SSSR count). The number of hydrogen-bond acceptors (Lipinski definition) is 5. The fraction of sp³-hybridized carbons (Fsp3) is 0.467. The number of carbonyl (C=O) groups is 2. The van der Waals surface area contributed by atoms with Crippen LogP contribution in [0.2, 0.25) is 0 Å². The third kappa shape index (κ3) is 5.95. The molecule has 0 atom stereocenters. The number of alkyl carbamates (subject to hydrolysis) is 1. The van der Waals surface area contributed by atoms with E-state index in [1.165, 1.54) is 18.6 Å². The molecule has 0 saturated carbocycles. The molecular formula is C15H15F3N4O3. The molecule has 2 heterocycles. The van der Waals surface area contributed by atoms with Crippen LogP contribution in [-0.2, 0) is 9.53 Å². The van der Waals surface area contributed by atoms with Crippen LogP contribution in [0.5, 0.6) is 0 Å². The molecule has 1 saturated heterocycles. The van der Waals surface area contributed by atoms with Crippen molar-refractivity contribution in [1.82, 2.24) is 20.2 Å². The van der Waals surface area contributed by atoms with Crippen LogP contribution >= 0.6 is 0 Å². The third-order valence-electron chi connectivity index (χ3n) is 3.40. The maximum atomic E-state index is 12.3. The first kappa shape index (κ1) is 18.5. The van der Waals surface area contributed by atoms with Gasteiger partial charge in [0.25, 0.3) is 0 Å². The van der Waals surface area contributed by atoms with E-state index in [0.29, 0.717) is 5.69 Å². The number of nitrogens with zero attached hydrogens (tertiary/aromatic N) is 3. The van der Waals surface area contributed by atoms with Crippen molar-refractivity contribution in [2.45, 2.75) is 25.1 Å². The predicted molar refractivity (Wildman–Crippen MR) is 79.1 cm³/mol. The van der Waals surface area contributed by atoms with Gasteiger partial charge < -0.3 is 15.0 Å². The largest absolute Gasteiger partial charge is 0.471 e. The standard InChI is InChI=1S/C15H15F3N4O3/c16-15(17,18)13(23)22-7-3-11(4-8-22)21-14(24)25-9-1-2-12-10-19-5-6-20-12/h5-6,10-11H,3-4,7-9H2,(H,21,24). The van der Waals surface area contributed by atoms with E-state index in [1.807, 2.05) is 0 Å². The summed E-state index contributed by atoms with van der Waals surface area (Å²) in [7, 11) is 0. The van der Waals surface area contributed by atoms with Crippen molar-refractivity contribution in [3.8, 4) is 11.8 Å². The van der Waals surface area contributed by atoms with E-state index in [1.54, 1.807) is 0 Å². The summed E-state index contributed by atoms with van der Waals surface area (Å²) in [4.78, 5) is 31.2. The molecule has 0 radical (unpaired) electrons. The van der Waals surface area contributed by atoms with Gasteiger partial charge in [-0.15, -0.1) is 0 Å². The van der Waals surface area contributed by atoms with E-state index >= 15 is 0 Å². The highest BCUT2D eigenvalue weighted by Crippen LogP contribution is 2.21. The van der Waals surface area contributed by atoms with Gasteiger partial charge >= 0.3 is 18.2 Å². The maximum absolute atomic E-state index is 12.3. The molecule has 10 heteroatoms. The number of amides is 2. The number of nitrogens with one attached hydrogen (secondary N) is 1. The molecule has 7 nitrogen and oxygen atoms in total. The Labute approximate surface area is 141 Å². The Bertz CT molecular complexity index is 662. The van der Waals surface area contributed by atoms with Crippen LogP contribution in [0, 0.1) is 11.8 Å². The van der Waals surface area contributed by atoms with Crippen LogP contribution in [0.4, 0.5) is 18.0 Å². The monoisotopic (exact) mass is 356 g/mol. The number of ether oxygens (including phenoxy) is 1. The Balaban J connectivity index is 1.69. The highest BCUT2D eigenvalue weighted by Gasteiger charge is 2.43. The number of rotatable bonds is 2. The van der Waals surface area contributed by atoms with E-state index in [4.69, 9.17) is 4.74 Å². The number of hydrogen-bond donors (Lipinski definition) is 1. The molecule has 0 unspecified atom stereocenters. The van der Waals surface area contributed by atoms with Gasteiger partial charge in [0.05, 0.1) is 6.20 Å². The van der Waals surface area contributed by atoms with E-state index in [-0.39, 0.29) is 38.6 Å². The Kier molecular flexibility index (Phi) is 6.16. The van der Waals surface area contributed by atoms with Gasteiger partial charge in [-0.1, -0.05) is 5.92 Å². The molecule has 1 aromatic rings. The lowest BCUT2D eigenvalue weighted by Crippen LogP contribution is -2.50. The average molecular weight is 356 g/mol. The summed E-state index contributed by atoms with van der Waals surface area (Å²) in [5.74, 6) is 3.40. The first-order valence-corrected chi connectivity index (χ1v) is 7.40. The van der Waals surface area contributed by atoms with Crippen molar-refractivity contribution < 1.29 is 27.5 Å². The van der Waals surface area contributed by atoms with Gasteiger partial charge in [-0.2, -0.15) is 13.2 Å². The highest BCUT2D eigenvalue weighted by atomic mass is 19.4. The summed E-state index contributed by atoms with van der Waals surface area (Å²) in [6.07, 6.45) is -0.695. The molecule has 2 amide bonds. The fourth-order valence-corrected chi connectivity index (χ4v) is 2.21. The van der Waals surface area contributed by atoms with Crippen LogP contribution in [-0.4, -0.2) is 58.8 Å². The molecule has 0 bridgehead atoms. The Hall–Kier alpha value is -2.83. The van der Waals surface area contributed by atoms with E-state index < -0.39 is 18.2 Å². The van der Waals surface area contributed by atoms with Crippen molar-refractivity contribution in [1.29, 1.82) is 0 Å². The smallest absolute Gasteiger partial charge is 0.436 e. The van der Waals surface area contributed by atoms with Gasteiger partial charge in [-0.05, 0) is 18.8 Å². The van der Waals surface area contributed by atoms with Crippen LogP contribution in [0.1, 0.15) is 18.5 Å². The zero-order chi connectivity index (χ0) is 18.3. The van der Waals surface area contributed by atoms with Crippen molar-refractivity contribution in [3.05, 3.63) is 24.3 Å². The molecule has 25 heavy (non-hydrogen) atoms. The quantitative estimate of drug-likeness (QED) is 0.803. The molecule has 1 aliphatic rings. The summed E-state index contributed by atoms with van der Waals surface area (Å²) >= 11 is 0. The summed E-state index contributed by atoms with van der Waals surface area (Å²) in [6.45, 7) is -0.306. The van der Waals surface area contributed by atoms with Crippen LogP contribution in [0.25, 0.3) is 0 Å². The summed E-state index contributed by atoms with van der Waals surface area (Å²) in [5.41, 5.74) is 0.438. The Morgan fingerprint density at radius 1 is 1.32 bits per heavy atom. The normalized spacial score (nSPS) is 15.1. The summed E-state index contributed by atoms with van der Waals surface area (Å²) < 4.78 is 41.9. The van der Waals surface area contributed by atoms with Gasteiger partial charge in [0, 0.05) is 31.5 Å². The summed E-state index contributed by atoms with van der Waals surface area (Å²) in [6, 6.07) is -0.349. The SMILES string of the molecule is O=C(NC1CCN(C(=O)C(F)(F)F)CC1)OCC#Cc1cnccn1. The van der Waals surface area contributed by atoms with Gasteiger partial charge in [0.15, 0.2) is 6.61 Å². The van der Waals surface area contributed by atoms with Gasteiger partial charge in [-0.25, -0.2) is 9.78 Å². The third-order valence-corrected chi connectivity index (χ3v) is 3.40. The topological polar surface area (TPSA) is 84.4 Å². The second-order valence-corrected chi connectivity index (χ2v) is 5.18. The first-order valence-electron chi connectivity index (χ1n) is 7.40. The molecule has 1 fully saturated rings. The molecule has 1 aromatic heterocycles. The lowest BCUT2D eigenvalue weighted by atomic mass is 10.1. The number of halogens is 3. The minimum atomic E-state index is -4.87. The number of piperidine rings is 1. The van der Waals surface area contributed by atoms with Gasteiger partial charge in [0.1, 0.15) is 5.69 Å². The van der Waals surface area contributed by atoms with E-state index in [2.05, 4.69) is 27.1 Å². The van der Waals surface area contributed by atoms with Crippen molar-refractivity contribution in [2.24, 2.45) is 0 Å². The van der Waals surface area contributed by atoms with E-state index in [0.717, 1.165) is 4.90 Å². The van der Waals surface area contributed by atoms with Gasteiger partial charge in [-0.3, -0.25) is 9.78 Å². The van der Waals surface area contributed by atoms with Crippen molar-refractivity contribution >= 4 is 12.0 Å². The fourth-order valence-electron chi connectivity index (χ4n) is 2.21. The van der Waals surface area contributed by atoms with Gasteiger partial charge in [0.2, 0.25) is 0 Å². The molecule has 134 valence electrons. The molecule has 0 aromatic carbocycles. The first-order chi connectivity index (χ1) is 11.9. The van der Waals surface area contributed by atoms with Crippen LogP contribution in [0.15, 0.2) is 18.6 Å². The summed E-state index contributed by atoms with van der Waals surface area (Å²) in [5, 5.41) is 2.54. The second-order valence-electron chi connectivity index (χ2n) is 5.18. The molecule has 0 aliphatic carbocycles. The Morgan fingerprint density at radius 2 is 2.04 bits per heavy atom.